The van der Waals surface area contributed by atoms with Gasteiger partial charge in [-0.2, -0.15) is 0 Å². The van der Waals surface area contributed by atoms with Gasteiger partial charge in [0.1, 0.15) is 17.2 Å². The molecule has 0 bridgehead atoms. The highest BCUT2D eigenvalue weighted by Crippen LogP contribution is 2.25. The predicted octanol–water partition coefficient (Wildman–Crippen LogP) is 5.76. The Kier molecular flexibility index (Phi) is 9.66. The van der Waals surface area contributed by atoms with Crippen LogP contribution in [0, 0.1) is 0 Å². The molecule has 0 aliphatic carbocycles. The number of morpholine rings is 1. The van der Waals surface area contributed by atoms with E-state index in [1.807, 2.05) is 48.5 Å². The molecule has 0 saturated carbocycles. The third-order valence-corrected chi connectivity index (χ3v) is 6.76. The second-order valence-electron chi connectivity index (χ2n) is 9.86. The lowest BCUT2D eigenvalue weighted by Crippen LogP contribution is -2.47. The van der Waals surface area contributed by atoms with Gasteiger partial charge in [-0.05, 0) is 54.1 Å². The summed E-state index contributed by atoms with van der Waals surface area (Å²) in [6, 6.07) is 31.3. The molecule has 1 fully saturated rings. The number of nitrogens with zero attached hydrogens (tertiary/aromatic N) is 1. The summed E-state index contributed by atoms with van der Waals surface area (Å²) in [6.07, 6.45) is -0.110. The largest absolute Gasteiger partial charge is 0.496 e. The van der Waals surface area contributed by atoms with Gasteiger partial charge in [0, 0.05) is 43.6 Å². The van der Waals surface area contributed by atoms with Crippen LogP contribution in [-0.4, -0.2) is 56.3 Å². The number of benzene rings is 4. The van der Waals surface area contributed by atoms with E-state index in [0.29, 0.717) is 41.6 Å². The van der Waals surface area contributed by atoms with Crippen molar-refractivity contribution in [1.82, 2.24) is 10.2 Å². The van der Waals surface area contributed by atoms with Gasteiger partial charge in [0.25, 0.3) is 5.91 Å². The highest BCUT2D eigenvalue weighted by atomic mass is 16.5. The molecule has 3 amide bonds. The van der Waals surface area contributed by atoms with E-state index in [1.54, 1.807) is 42.5 Å². The monoisotopic (exact) mass is 566 g/mol. The third-order valence-electron chi connectivity index (χ3n) is 6.76. The zero-order chi connectivity index (χ0) is 29.1. The molecule has 9 heteroatoms. The highest BCUT2D eigenvalue weighted by Gasteiger charge is 2.22. The van der Waals surface area contributed by atoms with E-state index < -0.39 is 6.03 Å². The Bertz CT molecular complexity index is 1470. The minimum absolute atomic E-state index is 0.110. The molecule has 0 radical (unpaired) electrons. The number of anilines is 2. The number of methoxy groups -OCH3 is 1. The molecule has 3 N–H and O–H groups in total. The molecule has 1 atom stereocenters. The quantitative estimate of drug-likeness (QED) is 0.226. The van der Waals surface area contributed by atoms with Crippen molar-refractivity contribution in [3.63, 3.8) is 0 Å². The number of urea groups is 1. The third kappa shape index (κ3) is 8.09. The first-order valence-electron chi connectivity index (χ1n) is 13.8. The molecule has 42 heavy (non-hydrogen) atoms. The van der Waals surface area contributed by atoms with E-state index in [-0.39, 0.29) is 12.0 Å². The maximum Gasteiger partial charge on any atom is 0.323 e. The van der Waals surface area contributed by atoms with Crippen LogP contribution < -0.4 is 25.4 Å². The standard InChI is InChI=1S/C33H34N4O5/c1-40-31-20-26(36-33(39)35-25-12-15-28(16-13-25)42-27-10-6-3-7-11-27)14-17-30(31)32(38)34-21-29-23-37(18-19-41-29)22-24-8-4-2-5-9-24/h2-17,20,29H,18-19,21-23H2,1H3,(H,34,38)(H2,35,36,39). The zero-order valence-electron chi connectivity index (χ0n) is 23.4. The maximum absolute atomic E-state index is 13.0. The van der Waals surface area contributed by atoms with Crippen LogP contribution in [0.4, 0.5) is 16.2 Å². The van der Waals surface area contributed by atoms with Crippen molar-refractivity contribution >= 4 is 23.3 Å². The molecule has 4 aromatic carbocycles. The minimum atomic E-state index is -0.430. The summed E-state index contributed by atoms with van der Waals surface area (Å²) >= 11 is 0. The number of nitrogens with one attached hydrogen (secondary N) is 3. The molecule has 1 aliphatic heterocycles. The number of ether oxygens (including phenoxy) is 3. The van der Waals surface area contributed by atoms with Crippen molar-refractivity contribution in [3.05, 3.63) is 114 Å². The lowest BCUT2D eigenvalue weighted by atomic mass is 10.1. The number of hydrogen-bond donors (Lipinski definition) is 3. The van der Waals surface area contributed by atoms with E-state index in [1.165, 1.54) is 12.7 Å². The van der Waals surface area contributed by atoms with E-state index in [4.69, 9.17) is 14.2 Å². The van der Waals surface area contributed by atoms with Gasteiger partial charge in [-0.1, -0.05) is 48.5 Å². The average Bonchev–Trinajstić information content (AvgIpc) is 3.02. The molecule has 9 nitrogen and oxygen atoms in total. The second-order valence-corrected chi connectivity index (χ2v) is 9.86. The number of amides is 3. The van der Waals surface area contributed by atoms with Gasteiger partial charge in [0.2, 0.25) is 0 Å². The van der Waals surface area contributed by atoms with Gasteiger partial charge in [-0.3, -0.25) is 9.69 Å². The fourth-order valence-electron chi connectivity index (χ4n) is 4.67. The summed E-state index contributed by atoms with van der Waals surface area (Å²) in [4.78, 5) is 27.9. The summed E-state index contributed by atoms with van der Waals surface area (Å²) in [5, 5.41) is 8.52. The Morgan fingerprint density at radius 2 is 1.52 bits per heavy atom. The van der Waals surface area contributed by atoms with Gasteiger partial charge in [0.05, 0.1) is 25.4 Å². The molecule has 1 aliphatic rings. The molecule has 0 spiro atoms. The molecule has 1 unspecified atom stereocenters. The van der Waals surface area contributed by atoms with Crippen LogP contribution in [-0.2, 0) is 11.3 Å². The van der Waals surface area contributed by atoms with Crippen molar-refractivity contribution in [3.8, 4) is 17.2 Å². The van der Waals surface area contributed by atoms with Gasteiger partial charge in [-0.25, -0.2) is 4.79 Å². The van der Waals surface area contributed by atoms with Crippen molar-refractivity contribution < 1.29 is 23.8 Å². The van der Waals surface area contributed by atoms with E-state index in [9.17, 15) is 9.59 Å². The van der Waals surface area contributed by atoms with Crippen molar-refractivity contribution in [2.45, 2.75) is 12.6 Å². The number of carbonyl (C=O) groups excluding carboxylic acids is 2. The van der Waals surface area contributed by atoms with Gasteiger partial charge in [0.15, 0.2) is 0 Å². The Hall–Kier alpha value is -4.86. The Labute approximate surface area is 245 Å². The number of para-hydroxylation sites is 1. The van der Waals surface area contributed by atoms with Gasteiger partial charge >= 0.3 is 6.03 Å². The minimum Gasteiger partial charge on any atom is -0.496 e. The summed E-state index contributed by atoms with van der Waals surface area (Å²) in [7, 11) is 1.49. The Morgan fingerprint density at radius 1 is 0.857 bits per heavy atom. The highest BCUT2D eigenvalue weighted by molar-refractivity contribution is 6.01. The Balaban J connectivity index is 1.11. The molecule has 216 valence electrons. The van der Waals surface area contributed by atoms with Crippen LogP contribution in [0.3, 0.4) is 0 Å². The summed E-state index contributed by atoms with van der Waals surface area (Å²) in [5.74, 6) is 1.47. The number of rotatable bonds is 10. The first-order valence-corrected chi connectivity index (χ1v) is 13.8. The zero-order valence-corrected chi connectivity index (χ0v) is 23.4. The fourth-order valence-corrected chi connectivity index (χ4v) is 4.67. The molecule has 1 heterocycles. The lowest BCUT2D eigenvalue weighted by molar-refractivity contribution is -0.0292. The molecule has 4 aromatic rings. The summed E-state index contributed by atoms with van der Waals surface area (Å²) in [5.41, 5.74) is 2.70. The van der Waals surface area contributed by atoms with Crippen molar-refractivity contribution in [1.29, 1.82) is 0 Å². The number of carbonyl (C=O) groups is 2. The van der Waals surface area contributed by atoms with E-state index >= 15 is 0 Å². The first kappa shape index (κ1) is 28.7. The topological polar surface area (TPSA) is 101 Å². The van der Waals surface area contributed by atoms with Crippen LogP contribution in [0.15, 0.2) is 103 Å². The van der Waals surface area contributed by atoms with Crippen LogP contribution in [0.25, 0.3) is 0 Å². The van der Waals surface area contributed by atoms with Crippen molar-refractivity contribution in [2.75, 3.05) is 44.0 Å². The number of hydrogen-bond acceptors (Lipinski definition) is 6. The molecular formula is C33H34N4O5. The normalized spacial score (nSPS) is 14.9. The SMILES string of the molecule is COc1cc(NC(=O)Nc2ccc(Oc3ccccc3)cc2)ccc1C(=O)NCC1CN(Cc2ccccc2)CCO1. The van der Waals surface area contributed by atoms with E-state index in [2.05, 4.69) is 33.0 Å². The van der Waals surface area contributed by atoms with Gasteiger partial charge in [-0.15, -0.1) is 0 Å². The van der Waals surface area contributed by atoms with Crippen LogP contribution in [0.1, 0.15) is 15.9 Å². The molecule has 0 aromatic heterocycles. The molecule has 1 saturated heterocycles. The van der Waals surface area contributed by atoms with Crippen LogP contribution in [0.5, 0.6) is 17.2 Å². The smallest absolute Gasteiger partial charge is 0.323 e. The van der Waals surface area contributed by atoms with E-state index in [0.717, 1.165) is 25.4 Å². The Morgan fingerprint density at radius 3 is 2.26 bits per heavy atom. The maximum atomic E-state index is 13.0. The average molecular weight is 567 g/mol. The predicted molar refractivity (Wildman–Crippen MR) is 162 cm³/mol. The van der Waals surface area contributed by atoms with Crippen LogP contribution in [0.2, 0.25) is 0 Å². The fraction of sp³-hybridized carbons (Fsp3) is 0.212. The van der Waals surface area contributed by atoms with Gasteiger partial charge < -0.3 is 30.2 Å². The van der Waals surface area contributed by atoms with Crippen LogP contribution >= 0.6 is 0 Å². The molecular weight excluding hydrogens is 532 g/mol. The second kappa shape index (κ2) is 14.2. The summed E-state index contributed by atoms with van der Waals surface area (Å²) in [6.45, 7) is 3.42. The molecule has 5 rings (SSSR count). The lowest BCUT2D eigenvalue weighted by Gasteiger charge is -2.33. The summed E-state index contributed by atoms with van der Waals surface area (Å²) < 4.78 is 17.1. The van der Waals surface area contributed by atoms with Crippen molar-refractivity contribution in [2.24, 2.45) is 0 Å². The first-order chi connectivity index (χ1) is 20.6.